The van der Waals surface area contributed by atoms with Crippen molar-refractivity contribution in [3.63, 3.8) is 0 Å². The topological polar surface area (TPSA) is 23.5 Å². The first-order chi connectivity index (χ1) is 12.4. The smallest absolute Gasteiger partial charge is 0.168 e. The summed E-state index contributed by atoms with van der Waals surface area (Å²) in [4.78, 5) is 2.22. The van der Waals surface area contributed by atoms with Crippen molar-refractivity contribution in [3.05, 3.63) is 70.8 Å². The first kappa shape index (κ1) is 17.5. The Morgan fingerprint density at radius 3 is 2.00 bits per heavy atom. The van der Waals surface area contributed by atoms with E-state index in [0.29, 0.717) is 6.54 Å². The van der Waals surface area contributed by atoms with Crippen molar-refractivity contribution < 1.29 is 22.7 Å². The molecule has 138 valence electrons. The number of hydrogen-bond donors (Lipinski definition) is 1. The van der Waals surface area contributed by atoms with Gasteiger partial charge < -0.3 is 5.11 Å². The first-order valence-corrected chi connectivity index (χ1v) is 8.74. The van der Waals surface area contributed by atoms with E-state index in [1.807, 2.05) is 30.3 Å². The van der Waals surface area contributed by atoms with E-state index in [4.69, 9.17) is 0 Å². The molecule has 26 heavy (non-hydrogen) atoms. The van der Waals surface area contributed by atoms with Crippen molar-refractivity contribution in [3.8, 4) is 0 Å². The minimum absolute atomic E-state index is 0.0487. The highest BCUT2D eigenvalue weighted by atomic mass is 19.2. The molecule has 2 aromatic carbocycles. The van der Waals surface area contributed by atoms with Crippen LogP contribution in [0.2, 0.25) is 0 Å². The lowest BCUT2D eigenvalue weighted by atomic mass is 9.79. The lowest BCUT2D eigenvalue weighted by Crippen LogP contribution is -2.49. The van der Waals surface area contributed by atoms with Gasteiger partial charge in [-0.05, 0) is 31.2 Å². The molecule has 0 radical (unpaired) electrons. The summed E-state index contributed by atoms with van der Waals surface area (Å²) in [7, 11) is 0. The molecular formula is C20H19F4NO. The van der Waals surface area contributed by atoms with Gasteiger partial charge in [0.2, 0.25) is 0 Å². The van der Waals surface area contributed by atoms with Crippen LogP contribution in [-0.2, 0) is 12.1 Å². The summed E-state index contributed by atoms with van der Waals surface area (Å²) in [5.74, 6) is -5.96. The van der Waals surface area contributed by atoms with Gasteiger partial charge in [-0.2, -0.15) is 0 Å². The fourth-order valence-corrected chi connectivity index (χ4v) is 4.55. The van der Waals surface area contributed by atoms with Crippen molar-refractivity contribution in [1.29, 1.82) is 0 Å². The monoisotopic (exact) mass is 365 g/mol. The van der Waals surface area contributed by atoms with E-state index in [1.54, 1.807) is 0 Å². The van der Waals surface area contributed by atoms with Crippen LogP contribution in [0, 0.1) is 23.3 Å². The molecule has 6 heteroatoms. The molecule has 2 aromatic rings. The van der Waals surface area contributed by atoms with Gasteiger partial charge in [-0.15, -0.1) is 0 Å². The van der Waals surface area contributed by atoms with E-state index in [9.17, 15) is 22.7 Å². The molecule has 2 heterocycles. The van der Waals surface area contributed by atoms with Crippen molar-refractivity contribution in [2.75, 3.05) is 0 Å². The minimum Gasteiger partial charge on any atom is -0.385 e. The number of hydrogen-bond acceptors (Lipinski definition) is 2. The zero-order chi connectivity index (χ0) is 18.5. The largest absolute Gasteiger partial charge is 0.385 e. The molecule has 2 unspecified atom stereocenters. The van der Waals surface area contributed by atoms with Crippen molar-refractivity contribution >= 4 is 0 Å². The maximum atomic E-state index is 14.2. The van der Waals surface area contributed by atoms with E-state index >= 15 is 0 Å². The normalized spacial score (nSPS) is 28.5. The van der Waals surface area contributed by atoms with Gasteiger partial charge >= 0.3 is 0 Å². The average Bonchev–Trinajstić information content (AvgIpc) is 2.85. The fraction of sp³-hybridized carbons (Fsp3) is 0.400. The molecule has 0 amide bonds. The molecule has 2 fully saturated rings. The summed E-state index contributed by atoms with van der Waals surface area (Å²) in [5.41, 5.74) is -1.66. The van der Waals surface area contributed by atoms with Gasteiger partial charge in [0.25, 0.3) is 0 Å². The van der Waals surface area contributed by atoms with Gasteiger partial charge in [0.1, 0.15) is 0 Å². The maximum Gasteiger partial charge on any atom is 0.168 e. The SMILES string of the molecule is OC1(c2c(F)c(F)cc(F)c2F)CC2CCC(C1)N2Cc1ccccc1. The quantitative estimate of drug-likeness (QED) is 0.649. The number of halogens is 4. The van der Waals surface area contributed by atoms with Crippen molar-refractivity contribution in [2.24, 2.45) is 0 Å². The van der Waals surface area contributed by atoms with Crippen LogP contribution in [0.25, 0.3) is 0 Å². The minimum atomic E-state index is -1.91. The highest BCUT2D eigenvalue weighted by Crippen LogP contribution is 2.47. The zero-order valence-electron chi connectivity index (χ0n) is 14.1. The Labute approximate surface area is 149 Å². The van der Waals surface area contributed by atoms with Crippen LogP contribution in [0.5, 0.6) is 0 Å². The average molecular weight is 365 g/mol. The van der Waals surface area contributed by atoms with Crippen LogP contribution in [0.15, 0.2) is 36.4 Å². The predicted octanol–water partition coefficient (Wildman–Crippen LogP) is 4.26. The summed E-state index contributed by atoms with van der Waals surface area (Å²) >= 11 is 0. The Morgan fingerprint density at radius 1 is 0.923 bits per heavy atom. The van der Waals surface area contributed by atoms with E-state index in [2.05, 4.69) is 4.90 Å². The molecule has 0 aliphatic carbocycles. The number of fused-ring (bicyclic) bond motifs is 2. The molecular weight excluding hydrogens is 346 g/mol. The third kappa shape index (κ3) is 2.81. The van der Waals surface area contributed by atoms with Gasteiger partial charge in [-0.3, -0.25) is 4.90 Å². The zero-order valence-corrected chi connectivity index (χ0v) is 14.1. The van der Waals surface area contributed by atoms with Crippen LogP contribution >= 0.6 is 0 Å². The molecule has 0 saturated carbocycles. The molecule has 2 bridgehead atoms. The second kappa shape index (κ2) is 6.35. The van der Waals surface area contributed by atoms with Crippen LogP contribution in [0.3, 0.4) is 0 Å². The van der Waals surface area contributed by atoms with E-state index in [1.165, 1.54) is 0 Å². The number of aliphatic hydroxyl groups is 1. The van der Waals surface area contributed by atoms with Gasteiger partial charge in [-0.25, -0.2) is 17.6 Å². The number of rotatable bonds is 3. The van der Waals surface area contributed by atoms with Gasteiger partial charge in [0, 0.05) is 24.7 Å². The van der Waals surface area contributed by atoms with Crippen molar-refractivity contribution in [2.45, 2.75) is 49.9 Å². The summed E-state index contributed by atoms with van der Waals surface area (Å²) in [6.07, 6.45) is 1.65. The molecule has 2 atom stereocenters. The summed E-state index contributed by atoms with van der Waals surface area (Å²) in [5, 5.41) is 11.0. The summed E-state index contributed by atoms with van der Waals surface area (Å²) in [6, 6.07) is 9.81. The van der Waals surface area contributed by atoms with Crippen LogP contribution < -0.4 is 0 Å². The Hall–Kier alpha value is -1.92. The second-order valence-corrected chi connectivity index (χ2v) is 7.33. The lowest BCUT2D eigenvalue weighted by Gasteiger charge is -2.44. The Balaban J connectivity index is 1.65. The van der Waals surface area contributed by atoms with Gasteiger partial charge in [-0.1, -0.05) is 30.3 Å². The van der Waals surface area contributed by atoms with Crippen molar-refractivity contribution in [1.82, 2.24) is 4.90 Å². The highest BCUT2D eigenvalue weighted by molar-refractivity contribution is 5.30. The lowest BCUT2D eigenvalue weighted by molar-refractivity contribution is -0.0645. The molecule has 4 rings (SSSR count). The van der Waals surface area contributed by atoms with Crippen LogP contribution in [0.1, 0.15) is 36.8 Å². The molecule has 1 N–H and O–H groups in total. The number of nitrogens with zero attached hydrogens (tertiary/aromatic N) is 1. The number of benzene rings is 2. The molecule has 2 aliphatic heterocycles. The second-order valence-electron chi connectivity index (χ2n) is 7.33. The van der Waals surface area contributed by atoms with E-state index in [0.717, 1.165) is 18.4 Å². The standard InChI is InChI=1S/C20H19F4NO/c21-15-8-16(22)19(24)17(18(15)23)20(26)9-13-6-7-14(10-20)25(13)11-12-4-2-1-3-5-12/h1-5,8,13-14,26H,6-7,9-11H2. The van der Waals surface area contributed by atoms with Crippen LogP contribution in [0.4, 0.5) is 17.6 Å². The van der Waals surface area contributed by atoms with Gasteiger partial charge in [0.05, 0.1) is 11.2 Å². The fourth-order valence-electron chi connectivity index (χ4n) is 4.55. The van der Waals surface area contributed by atoms with Gasteiger partial charge in [0.15, 0.2) is 23.3 Å². The van der Waals surface area contributed by atoms with E-state index in [-0.39, 0.29) is 31.0 Å². The van der Waals surface area contributed by atoms with E-state index < -0.39 is 34.4 Å². The molecule has 0 spiro atoms. The molecule has 2 aliphatic rings. The summed E-state index contributed by atoms with van der Waals surface area (Å²) < 4.78 is 55.7. The first-order valence-electron chi connectivity index (χ1n) is 8.74. The molecule has 2 saturated heterocycles. The number of piperidine rings is 1. The molecule has 2 nitrogen and oxygen atoms in total. The summed E-state index contributed by atoms with van der Waals surface area (Å²) in [6.45, 7) is 0.675. The third-order valence-electron chi connectivity index (χ3n) is 5.70. The third-order valence-corrected chi connectivity index (χ3v) is 5.70. The Bertz CT molecular complexity index is 786. The predicted molar refractivity (Wildman–Crippen MR) is 88.2 cm³/mol. The Morgan fingerprint density at radius 2 is 1.46 bits per heavy atom. The highest BCUT2D eigenvalue weighted by Gasteiger charge is 2.50. The molecule has 0 aromatic heterocycles. The van der Waals surface area contributed by atoms with Crippen LogP contribution in [-0.4, -0.2) is 22.1 Å². The maximum absolute atomic E-state index is 14.2. The Kier molecular flexibility index (Phi) is 4.28.